The van der Waals surface area contributed by atoms with Crippen LogP contribution < -0.4 is 0 Å². The van der Waals surface area contributed by atoms with Crippen LogP contribution in [0.5, 0.6) is 0 Å². The van der Waals surface area contributed by atoms with E-state index in [1.54, 1.807) is 4.90 Å². The minimum absolute atomic E-state index is 0.101. The summed E-state index contributed by atoms with van der Waals surface area (Å²) in [7, 11) is 0. The first-order valence-electron chi connectivity index (χ1n) is 8.48. The largest absolute Gasteiger partial charge is 0.480 e. The van der Waals surface area contributed by atoms with Crippen molar-refractivity contribution in [1.29, 1.82) is 0 Å². The second-order valence-corrected chi connectivity index (χ2v) is 6.19. The Hall–Kier alpha value is -2.08. The summed E-state index contributed by atoms with van der Waals surface area (Å²) in [6.07, 6.45) is 1.54. The highest BCUT2D eigenvalue weighted by molar-refractivity contribution is 5.69. The quantitative estimate of drug-likeness (QED) is 0.829. The number of hydrogen-bond acceptors (Lipinski definition) is 4. The van der Waals surface area contributed by atoms with Crippen molar-refractivity contribution in [1.82, 2.24) is 9.80 Å². The summed E-state index contributed by atoms with van der Waals surface area (Å²) in [5.41, 5.74) is 0.976. The summed E-state index contributed by atoms with van der Waals surface area (Å²) >= 11 is 0. The Morgan fingerprint density at radius 1 is 1.25 bits per heavy atom. The van der Waals surface area contributed by atoms with Gasteiger partial charge in [-0.25, -0.2) is 4.79 Å². The Morgan fingerprint density at radius 2 is 1.92 bits per heavy atom. The number of nitrogens with zero attached hydrogens (tertiary/aromatic N) is 2. The molecular weight excluding hydrogens is 308 g/mol. The zero-order chi connectivity index (χ0) is 17.4. The van der Waals surface area contributed by atoms with Crippen molar-refractivity contribution in [3.8, 4) is 0 Å². The van der Waals surface area contributed by atoms with Gasteiger partial charge in [0, 0.05) is 13.1 Å². The maximum atomic E-state index is 12.2. The van der Waals surface area contributed by atoms with E-state index in [0.717, 1.165) is 31.5 Å². The lowest BCUT2D eigenvalue weighted by molar-refractivity contribution is -0.138. The van der Waals surface area contributed by atoms with E-state index in [0.29, 0.717) is 19.0 Å². The Labute approximate surface area is 143 Å². The SMILES string of the molecule is CCN(CC1CCN(CC(=O)O)CC1)C(=O)OCc1ccccc1. The molecule has 0 radical (unpaired) electrons. The number of likely N-dealkylation sites (tertiary alicyclic amines) is 1. The number of aliphatic carboxylic acids is 1. The third-order valence-electron chi connectivity index (χ3n) is 4.39. The molecule has 6 heteroatoms. The van der Waals surface area contributed by atoms with E-state index >= 15 is 0 Å². The van der Waals surface area contributed by atoms with Gasteiger partial charge in [0.1, 0.15) is 6.61 Å². The molecule has 1 aromatic carbocycles. The lowest BCUT2D eigenvalue weighted by Crippen LogP contribution is -2.42. The highest BCUT2D eigenvalue weighted by Crippen LogP contribution is 2.18. The second kappa shape index (κ2) is 9.27. The van der Waals surface area contributed by atoms with E-state index in [1.165, 1.54) is 0 Å². The number of piperidine rings is 1. The third-order valence-corrected chi connectivity index (χ3v) is 4.39. The summed E-state index contributed by atoms with van der Waals surface area (Å²) in [4.78, 5) is 26.7. The van der Waals surface area contributed by atoms with Crippen LogP contribution in [0, 0.1) is 5.92 Å². The van der Waals surface area contributed by atoms with Gasteiger partial charge in [-0.1, -0.05) is 30.3 Å². The predicted octanol–water partition coefficient (Wildman–Crippen LogP) is 2.44. The fourth-order valence-electron chi connectivity index (χ4n) is 2.97. The first-order valence-corrected chi connectivity index (χ1v) is 8.48. The Morgan fingerprint density at radius 3 is 2.50 bits per heavy atom. The number of rotatable bonds is 7. The number of hydrogen-bond donors (Lipinski definition) is 1. The molecule has 1 aromatic rings. The number of carboxylic acids is 1. The van der Waals surface area contributed by atoms with Crippen molar-refractivity contribution in [3.05, 3.63) is 35.9 Å². The number of benzene rings is 1. The maximum absolute atomic E-state index is 12.2. The zero-order valence-electron chi connectivity index (χ0n) is 14.2. The second-order valence-electron chi connectivity index (χ2n) is 6.19. The summed E-state index contributed by atoms with van der Waals surface area (Å²) in [5, 5.41) is 8.83. The van der Waals surface area contributed by atoms with Crippen LogP contribution in [0.15, 0.2) is 30.3 Å². The molecule has 1 saturated heterocycles. The van der Waals surface area contributed by atoms with Crippen molar-refractivity contribution in [2.75, 3.05) is 32.7 Å². The smallest absolute Gasteiger partial charge is 0.410 e. The lowest BCUT2D eigenvalue weighted by atomic mass is 9.96. The van der Waals surface area contributed by atoms with Gasteiger partial charge in [0.2, 0.25) is 0 Å². The minimum atomic E-state index is -0.784. The zero-order valence-corrected chi connectivity index (χ0v) is 14.2. The first kappa shape index (κ1) is 18.3. The molecule has 0 atom stereocenters. The van der Waals surface area contributed by atoms with E-state index < -0.39 is 5.97 Å². The first-order chi connectivity index (χ1) is 11.6. The minimum Gasteiger partial charge on any atom is -0.480 e. The van der Waals surface area contributed by atoms with Crippen LogP contribution in [-0.4, -0.2) is 59.7 Å². The third kappa shape index (κ3) is 5.85. The monoisotopic (exact) mass is 334 g/mol. The molecular formula is C18H26N2O4. The van der Waals surface area contributed by atoms with Gasteiger partial charge in [-0.15, -0.1) is 0 Å². The van der Waals surface area contributed by atoms with Crippen molar-refractivity contribution >= 4 is 12.1 Å². The van der Waals surface area contributed by atoms with Gasteiger partial charge in [-0.3, -0.25) is 9.69 Å². The van der Waals surface area contributed by atoms with Gasteiger partial charge in [-0.05, 0) is 44.3 Å². The molecule has 1 amide bonds. The van der Waals surface area contributed by atoms with Crippen LogP contribution in [0.2, 0.25) is 0 Å². The standard InChI is InChI=1S/C18H26N2O4/c1-2-20(18(23)24-14-16-6-4-3-5-7-16)12-15-8-10-19(11-9-15)13-17(21)22/h3-7,15H,2,8-14H2,1H3,(H,21,22). The molecule has 1 aliphatic heterocycles. The van der Waals surface area contributed by atoms with Crippen molar-refractivity contribution < 1.29 is 19.4 Å². The Bertz CT molecular complexity index is 527. The normalized spacial score (nSPS) is 15.9. The average Bonchev–Trinajstić information content (AvgIpc) is 2.59. The molecule has 0 spiro atoms. The molecule has 0 unspecified atom stereocenters. The topological polar surface area (TPSA) is 70.1 Å². The lowest BCUT2D eigenvalue weighted by Gasteiger charge is -2.33. The number of carbonyl (C=O) groups is 2. The van der Waals surface area contributed by atoms with Crippen LogP contribution >= 0.6 is 0 Å². The van der Waals surface area contributed by atoms with E-state index in [2.05, 4.69) is 0 Å². The predicted molar refractivity (Wildman–Crippen MR) is 90.7 cm³/mol. The molecule has 0 bridgehead atoms. The molecule has 0 saturated carbocycles. The van der Waals surface area contributed by atoms with Crippen LogP contribution in [0.1, 0.15) is 25.3 Å². The van der Waals surface area contributed by atoms with Gasteiger partial charge in [0.05, 0.1) is 6.54 Å². The van der Waals surface area contributed by atoms with Gasteiger partial charge in [0.25, 0.3) is 0 Å². The van der Waals surface area contributed by atoms with Gasteiger partial charge in [-0.2, -0.15) is 0 Å². The molecule has 0 aromatic heterocycles. The maximum Gasteiger partial charge on any atom is 0.410 e. The fourth-order valence-corrected chi connectivity index (χ4v) is 2.97. The summed E-state index contributed by atoms with van der Waals surface area (Å²) < 4.78 is 5.40. The summed E-state index contributed by atoms with van der Waals surface area (Å²) in [5.74, 6) is -0.382. The molecule has 1 N–H and O–H groups in total. The number of carbonyl (C=O) groups excluding carboxylic acids is 1. The van der Waals surface area contributed by atoms with E-state index in [9.17, 15) is 9.59 Å². The van der Waals surface area contributed by atoms with Gasteiger partial charge in [0.15, 0.2) is 0 Å². The highest BCUT2D eigenvalue weighted by Gasteiger charge is 2.24. The molecule has 2 rings (SSSR count). The molecule has 132 valence electrons. The number of carboxylic acid groups (broad SMARTS) is 1. The molecule has 1 fully saturated rings. The van der Waals surface area contributed by atoms with Crippen LogP contribution in [0.4, 0.5) is 4.79 Å². The number of ether oxygens (including phenoxy) is 1. The molecule has 6 nitrogen and oxygen atoms in total. The fraction of sp³-hybridized carbons (Fsp3) is 0.556. The molecule has 0 aliphatic carbocycles. The van der Waals surface area contributed by atoms with E-state index in [4.69, 9.17) is 9.84 Å². The van der Waals surface area contributed by atoms with Crippen molar-refractivity contribution in [2.45, 2.75) is 26.4 Å². The Balaban J connectivity index is 1.75. The number of amides is 1. The van der Waals surface area contributed by atoms with Gasteiger partial charge < -0.3 is 14.7 Å². The summed E-state index contributed by atoms with van der Waals surface area (Å²) in [6, 6.07) is 9.64. The molecule has 24 heavy (non-hydrogen) atoms. The van der Waals surface area contributed by atoms with Crippen molar-refractivity contribution in [2.24, 2.45) is 5.92 Å². The molecule has 1 heterocycles. The van der Waals surface area contributed by atoms with Crippen LogP contribution in [-0.2, 0) is 16.1 Å². The highest BCUT2D eigenvalue weighted by atomic mass is 16.6. The van der Waals surface area contributed by atoms with Crippen LogP contribution in [0.25, 0.3) is 0 Å². The summed E-state index contributed by atoms with van der Waals surface area (Å²) in [6.45, 7) is 5.16. The Kier molecular flexibility index (Phi) is 7.06. The van der Waals surface area contributed by atoms with Crippen LogP contribution in [0.3, 0.4) is 0 Å². The van der Waals surface area contributed by atoms with Gasteiger partial charge >= 0.3 is 12.1 Å². The van der Waals surface area contributed by atoms with E-state index in [-0.39, 0.29) is 19.2 Å². The van der Waals surface area contributed by atoms with E-state index in [1.807, 2.05) is 42.2 Å². The molecule has 1 aliphatic rings. The average molecular weight is 334 g/mol. The van der Waals surface area contributed by atoms with Crippen molar-refractivity contribution in [3.63, 3.8) is 0 Å².